The summed E-state index contributed by atoms with van der Waals surface area (Å²) in [5, 5.41) is 3.67. The van der Waals surface area contributed by atoms with Gasteiger partial charge in [0.25, 0.3) is 0 Å². The van der Waals surface area contributed by atoms with Crippen LogP contribution < -0.4 is 14.8 Å². The molecular weight excluding hydrogens is 414 g/mol. The van der Waals surface area contributed by atoms with Crippen LogP contribution in [0.25, 0.3) is 11.0 Å². The molecule has 2 heterocycles. The predicted octanol–water partition coefficient (Wildman–Crippen LogP) is 4.59. The van der Waals surface area contributed by atoms with Crippen molar-refractivity contribution in [3.8, 4) is 11.5 Å². The maximum absolute atomic E-state index is 13.3. The molecule has 3 aromatic carbocycles. The van der Waals surface area contributed by atoms with Crippen LogP contribution in [-0.2, 0) is 17.8 Å². The molecule has 156 valence electrons. The molecule has 7 heteroatoms. The highest BCUT2D eigenvalue weighted by atomic mass is 35.5. The lowest BCUT2D eigenvalue weighted by atomic mass is 9.97. The maximum atomic E-state index is 13.3. The molecule has 1 aliphatic rings. The van der Waals surface area contributed by atoms with Gasteiger partial charge in [0.2, 0.25) is 12.7 Å². The number of aromatic nitrogens is 2. The minimum Gasteiger partial charge on any atom is -0.454 e. The van der Waals surface area contributed by atoms with Gasteiger partial charge in [-0.25, -0.2) is 4.98 Å². The Balaban J connectivity index is 1.40. The first-order valence-corrected chi connectivity index (χ1v) is 10.4. The quantitative estimate of drug-likeness (QED) is 0.466. The Hall–Kier alpha value is -3.51. The van der Waals surface area contributed by atoms with Gasteiger partial charge < -0.3 is 19.8 Å². The summed E-state index contributed by atoms with van der Waals surface area (Å²) in [4.78, 5) is 21.2. The van der Waals surface area contributed by atoms with E-state index in [-0.39, 0.29) is 12.7 Å². The molecular formula is C24H20ClN3O3. The second-order valence-corrected chi connectivity index (χ2v) is 7.80. The molecule has 1 atom stereocenters. The Kier molecular flexibility index (Phi) is 5.22. The zero-order valence-corrected chi connectivity index (χ0v) is 17.4. The van der Waals surface area contributed by atoms with E-state index in [1.54, 1.807) is 0 Å². The van der Waals surface area contributed by atoms with Crippen LogP contribution in [0.4, 0.5) is 0 Å². The zero-order valence-electron chi connectivity index (χ0n) is 16.6. The Bertz CT molecular complexity index is 1220. The SMILES string of the molecule is O=C(NCc1ccc2c(c1)OCO2)C(Cc1ccccc1Cl)c1nc2ccccc2[nH]1. The van der Waals surface area contributed by atoms with Gasteiger partial charge in [0.15, 0.2) is 11.5 Å². The first kappa shape index (κ1) is 19.5. The molecule has 0 radical (unpaired) electrons. The number of imidazole rings is 1. The van der Waals surface area contributed by atoms with Gasteiger partial charge >= 0.3 is 0 Å². The lowest BCUT2D eigenvalue weighted by molar-refractivity contribution is -0.122. The summed E-state index contributed by atoms with van der Waals surface area (Å²) in [6.07, 6.45) is 0.437. The van der Waals surface area contributed by atoms with Crippen LogP contribution in [0.15, 0.2) is 66.7 Å². The number of aromatic amines is 1. The third-order valence-corrected chi connectivity index (χ3v) is 5.71. The first-order chi connectivity index (χ1) is 15.2. The smallest absolute Gasteiger partial charge is 0.231 e. The standard InChI is InChI=1S/C24H20ClN3O3/c25-18-6-2-1-5-16(18)12-17(23-27-19-7-3-4-8-20(19)28-23)24(29)26-13-15-9-10-21-22(11-15)31-14-30-21/h1-11,17H,12-14H2,(H,26,29)(H,27,28). The van der Waals surface area contributed by atoms with Crippen LogP contribution in [0.1, 0.15) is 22.9 Å². The fraction of sp³-hybridized carbons (Fsp3) is 0.167. The average Bonchev–Trinajstić information content (AvgIpc) is 3.43. The van der Waals surface area contributed by atoms with Crippen molar-refractivity contribution in [1.29, 1.82) is 0 Å². The Morgan fingerprint density at radius 3 is 2.74 bits per heavy atom. The van der Waals surface area contributed by atoms with Gasteiger partial charge in [-0.1, -0.05) is 48.0 Å². The molecule has 4 aromatic rings. The summed E-state index contributed by atoms with van der Waals surface area (Å²) in [6.45, 7) is 0.589. The lowest BCUT2D eigenvalue weighted by Crippen LogP contribution is -2.31. The van der Waals surface area contributed by atoms with Crippen LogP contribution in [0, 0.1) is 0 Å². The molecule has 0 spiro atoms. The van der Waals surface area contributed by atoms with Crippen LogP contribution in [0.5, 0.6) is 11.5 Å². The van der Waals surface area contributed by atoms with Crippen molar-refractivity contribution in [2.45, 2.75) is 18.9 Å². The number of H-pyrrole nitrogens is 1. The van der Waals surface area contributed by atoms with Crippen molar-refractivity contribution in [3.05, 3.63) is 88.7 Å². The fourth-order valence-electron chi connectivity index (χ4n) is 3.70. The van der Waals surface area contributed by atoms with Gasteiger partial charge in [-0.2, -0.15) is 0 Å². The highest BCUT2D eigenvalue weighted by molar-refractivity contribution is 6.31. The molecule has 0 aliphatic carbocycles. The third kappa shape index (κ3) is 4.07. The number of para-hydroxylation sites is 2. The van der Waals surface area contributed by atoms with Crippen molar-refractivity contribution >= 4 is 28.5 Å². The predicted molar refractivity (Wildman–Crippen MR) is 118 cm³/mol. The minimum absolute atomic E-state index is 0.128. The number of nitrogens with zero attached hydrogens (tertiary/aromatic N) is 1. The van der Waals surface area contributed by atoms with Crippen LogP contribution in [0.2, 0.25) is 5.02 Å². The van der Waals surface area contributed by atoms with Gasteiger partial charge in [0.05, 0.1) is 17.0 Å². The number of carbonyl (C=O) groups excluding carboxylic acids is 1. The molecule has 1 unspecified atom stereocenters. The first-order valence-electron chi connectivity index (χ1n) is 10.0. The molecule has 0 fully saturated rings. The number of ether oxygens (including phenoxy) is 2. The second kappa shape index (κ2) is 8.32. The fourth-order valence-corrected chi connectivity index (χ4v) is 3.91. The number of benzene rings is 3. The number of fused-ring (bicyclic) bond motifs is 2. The Labute approximate surface area is 184 Å². The van der Waals surface area contributed by atoms with E-state index in [9.17, 15) is 4.79 Å². The summed E-state index contributed by atoms with van der Waals surface area (Å²) in [5.74, 6) is 1.38. The molecule has 0 saturated carbocycles. The number of hydrogen-bond acceptors (Lipinski definition) is 4. The molecule has 1 aliphatic heterocycles. The largest absolute Gasteiger partial charge is 0.454 e. The van der Waals surface area contributed by atoms with Crippen molar-refractivity contribution in [1.82, 2.24) is 15.3 Å². The van der Waals surface area contributed by atoms with E-state index >= 15 is 0 Å². The normalized spacial score (nSPS) is 13.3. The van der Waals surface area contributed by atoms with Crippen molar-refractivity contribution < 1.29 is 14.3 Å². The number of halogens is 1. The van der Waals surface area contributed by atoms with Crippen LogP contribution in [0.3, 0.4) is 0 Å². The van der Waals surface area contributed by atoms with E-state index in [1.807, 2.05) is 66.7 Å². The van der Waals surface area contributed by atoms with Gasteiger partial charge in [-0.05, 0) is 47.9 Å². The summed E-state index contributed by atoms with van der Waals surface area (Å²) in [5.41, 5.74) is 3.54. The summed E-state index contributed by atoms with van der Waals surface area (Å²) in [6, 6.07) is 20.9. The Morgan fingerprint density at radius 2 is 1.87 bits per heavy atom. The van der Waals surface area contributed by atoms with Crippen LogP contribution in [-0.4, -0.2) is 22.7 Å². The highest BCUT2D eigenvalue weighted by Gasteiger charge is 2.25. The van der Waals surface area contributed by atoms with E-state index in [2.05, 4.69) is 15.3 Å². The van der Waals surface area contributed by atoms with Gasteiger partial charge in [-0.3, -0.25) is 4.79 Å². The molecule has 0 saturated heterocycles. The third-order valence-electron chi connectivity index (χ3n) is 5.34. The molecule has 0 bridgehead atoms. The number of hydrogen-bond donors (Lipinski definition) is 2. The lowest BCUT2D eigenvalue weighted by Gasteiger charge is -2.16. The summed E-state index contributed by atoms with van der Waals surface area (Å²) < 4.78 is 10.8. The maximum Gasteiger partial charge on any atom is 0.231 e. The monoisotopic (exact) mass is 433 g/mol. The molecule has 5 rings (SSSR count). The number of rotatable bonds is 6. The van der Waals surface area contributed by atoms with Gasteiger partial charge in [0, 0.05) is 11.6 Å². The van der Waals surface area contributed by atoms with E-state index < -0.39 is 5.92 Å². The Morgan fingerprint density at radius 1 is 1.06 bits per heavy atom. The molecule has 1 amide bonds. The highest BCUT2D eigenvalue weighted by Crippen LogP contribution is 2.32. The molecule has 31 heavy (non-hydrogen) atoms. The minimum atomic E-state index is -0.513. The molecule has 2 N–H and O–H groups in total. The zero-order chi connectivity index (χ0) is 21.2. The van der Waals surface area contributed by atoms with Crippen LogP contribution >= 0.6 is 11.6 Å². The van der Waals surface area contributed by atoms with Gasteiger partial charge in [0.1, 0.15) is 5.82 Å². The van der Waals surface area contributed by atoms with Crippen molar-refractivity contribution in [2.75, 3.05) is 6.79 Å². The average molecular weight is 434 g/mol. The molecule has 1 aromatic heterocycles. The molecule has 6 nitrogen and oxygen atoms in total. The summed E-state index contributed by atoms with van der Waals surface area (Å²) in [7, 11) is 0. The van der Waals surface area contributed by atoms with E-state index in [4.69, 9.17) is 21.1 Å². The summed E-state index contributed by atoms with van der Waals surface area (Å²) >= 11 is 6.38. The number of amides is 1. The number of carbonyl (C=O) groups is 1. The van der Waals surface area contributed by atoms with E-state index in [1.165, 1.54) is 0 Å². The van der Waals surface area contributed by atoms with E-state index in [0.29, 0.717) is 35.3 Å². The van der Waals surface area contributed by atoms with Crippen molar-refractivity contribution in [3.63, 3.8) is 0 Å². The van der Waals surface area contributed by atoms with Gasteiger partial charge in [-0.15, -0.1) is 0 Å². The van der Waals surface area contributed by atoms with E-state index in [0.717, 1.165) is 22.2 Å². The topological polar surface area (TPSA) is 76.2 Å². The number of nitrogens with one attached hydrogen (secondary N) is 2. The second-order valence-electron chi connectivity index (χ2n) is 7.39. The van der Waals surface area contributed by atoms with Crippen molar-refractivity contribution in [2.24, 2.45) is 0 Å².